The predicted molar refractivity (Wildman–Crippen MR) is 74.7 cm³/mol. The van der Waals surface area contributed by atoms with Crippen molar-refractivity contribution >= 4 is 11.6 Å². The second-order valence-corrected chi connectivity index (χ2v) is 5.36. The molecule has 4 heterocycles. The summed E-state index contributed by atoms with van der Waals surface area (Å²) in [6, 6.07) is 1.95. The van der Waals surface area contributed by atoms with Gasteiger partial charge in [0.15, 0.2) is 5.65 Å². The number of aryl methyl sites for hydroxylation is 1. The highest BCUT2D eigenvalue weighted by Crippen LogP contribution is 2.19. The third kappa shape index (κ3) is 2.10. The average molecular weight is 298 g/mol. The van der Waals surface area contributed by atoms with Crippen molar-refractivity contribution in [3.05, 3.63) is 35.5 Å². The van der Waals surface area contributed by atoms with Gasteiger partial charge in [-0.25, -0.2) is 14.2 Å². The highest BCUT2D eigenvalue weighted by atomic mass is 16.2. The Kier molecular flexibility index (Phi) is 2.84. The van der Waals surface area contributed by atoms with Crippen LogP contribution in [-0.2, 0) is 24.3 Å². The van der Waals surface area contributed by atoms with Gasteiger partial charge in [-0.2, -0.15) is 5.10 Å². The quantitative estimate of drug-likeness (QED) is 0.639. The normalized spacial score (nSPS) is 14.3. The number of hydrogen-bond donors (Lipinski definition) is 0. The Labute approximate surface area is 125 Å². The molecule has 0 saturated carbocycles. The number of amides is 1. The third-order valence-electron chi connectivity index (χ3n) is 3.81. The molecule has 3 aromatic rings. The molecule has 22 heavy (non-hydrogen) atoms. The van der Waals surface area contributed by atoms with E-state index in [1.165, 1.54) is 11.0 Å². The van der Waals surface area contributed by atoms with E-state index in [0.29, 0.717) is 13.1 Å². The molecule has 9 nitrogen and oxygen atoms in total. The molecule has 0 N–H and O–H groups in total. The molecule has 0 atom stereocenters. The van der Waals surface area contributed by atoms with Gasteiger partial charge in [0.05, 0.1) is 11.4 Å². The molecule has 1 aliphatic heterocycles. The Morgan fingerprint density at radius 3 is 3.14 bits per heavy atom. The maximum Gasteiger partial charge on any atom is 0.244 e. The van der Waals surface area contributed by atoms with E-state index in [-0.39, 0.29) is 12.5 Å². The Hall–Kier alpha value is -2.84. The summed E-state index contributed by atoms with van der Waals surface area (Å²) in [4.78, 5) is 18.5. The topological polar surface area (TPSA) is 94.1 Å². The number of carbonyl (C=O) groups excluding carboxylic acids is 1. The summed E-state index contributed by atoms with van der Waals surface area (Å²) in [5.74, 6) is -0.00491. The minimum absolute atomic E-state index is 0.00491. The van der Waals surface area contributed by atoms with Crippen LogP contribution in [-0.4, -0.2) is 52.2 Å². The van der Waals surface area contributed by atoms with Gasteiger partial charge in [0.1, 0.15) is 12.9 Å². The zero-order valence-electron chi connectivity index (χ0n) is 12.0. The van der Waals surface area contributed by atoms with Crippen LogP contribution in [0.4, 0.5) is 0 Å². The Morgan fingerprint density at radius 1 is 1.41 bits per heavy atom. The van der Waals surface area contributed by atoms with Crippen molar-refractivity contribution in [2.45, 2.75) is 26.4 Å². The van der Waals surface area contributed by atoms with Crippen molar-refractivity contribution in [2.75, 3.05) is 6.54 Å². The first-order chi connectivity index (χ1) is 10.7. The highest BCUT2D eigenvalue weighted by molar-refractivity contribution is 5.76. The van der Waals surface area contributed by atoms with Crippen LogP contribution in [0, 0.1) is 6.92 Å². The van der Waals surface area contributed by atoms with Crippen LogP contribution in [0.5, 0.6) is 0 Å². The van der Waals surface area contributed by atoms with E-state index in [2.05, 4.69) is 25.6 Å². The number of tetrazole rings is 1. The molecule has 0 bridgehead atoms. The molecule has 0 spiro atoms. The molecule has 4 rings (SSSR count). The van der Waals surface area contributed by atoms with E-state index in [4.69, 9.17) is 0 Å². The number of fused-ring (bicyclic) bond motifs is 3. The first-order valence-corrected chi connectivity index (χ1v) is 7.02. The molecular formula is C13H14N8O. The van der Waals surface area contributed by atoms with Gasteiger partial charge in [-0.3, -0.25) is 4.79 Å². The summed E-state index contributed by atoms with van der Waals surface area (Å²) in [6.07, 6.45) is 4.03. The Bertz CT molecular complexity index is 837. The number of nitrogens with zero attached hydrogens (tertiary/aromatic N) is 8. The van der Waals surface area contributed by atoms with Crippen LogP contribution in [0.3, 0.4) is 0 Å². The number of aromatic nitrogens is 7. The molecule has 1 aliphatic rings. The monoisotopic (exact) mass is 298 g/mol. The van der Waals surface area contributed by atoms with Gasteiger partial charge in [-0.05, 0) is 17.4 Å². The van der Waals surface area contributed by atoms with Gasteiger partial charge in [0.25, 0.3) is 0 Å². The van der Waals surface area contributed by atoms with Gasteiger partial charge in [-0.1, -0.05) is 0 Å². The first-order valence-electron chi connectivity index (χ1n) is 7.02. The van der Waals surface area contributed by atoms with Gasteiger partial charge in [-0.15, -0.1) is 5.10 Å². The minimum atomic E-state index is -0.00491. The fourth-order valence-corrected chi connectivity index (χ4v) is 2.76. The molecular weight excluding hydrogens is 284 g/mol. The number of hydrogen-bond acceptors (Lipinski definition) is 6. The van der Waals surface area contributed by atoms with E-state index in [9.17, 15) is 4.79 Å². The van der Waals surface area contributed by atoms with Crippen molar-refractivity contribution in [2.24, 2.45) is 0 Å². The molecule has 3 aromatic heterocycles. The molecule has 0 aliphatic carbocycles. The molecule has 0 radical (unpaired) electrons. The lowest BCUT2D eigenvalue weighted by Crippen LogP contribution is -2.39. The molecule has 0 fully saturated rings. The fourth-order valence-electron chi connectivity index (χ4n) is 2.76. The molecule has 0 aromatic carbocycles. The average Bonchev–Trinajstić information content (AvgIpc) is 3.15. The summed E-state index contributed by atoms with van der Waals surface area (Å²) in [6.45, 7) is 3.30. The van der Waals surface area contributed by atoms with Crippen LogP contribution in [0.1, 0.15) is 17.0 Å². The predicted octanol–water partition coefficient (Wildman–Crippen LogP) is -0.391. The van der Waals surface area contributed by atoms with Crippen molar-refractivity contribution in [1.29, 1.82) is 0 Å². The molecule has 0 unspecified atom stereocenters. The second-order valence-electron chi connectivity index (χ2n) is 5.36. The van der Waals surface area contributed by atoms with Crippen molar-refractivity contribution in [1.82, 2.24) is 39.7 Å². The van der Waals surface area contributed by atoms with Gasteiger partial charge >= 0.3 is 0 Å². The SMILES string of the molecule is Cc1cc2ncc3c(n2n1)CCN(C(=O)Cn1cnnn1)C3. The van der Waals surface area contributed by atoms with Crippen LogP contribution in [0.15, 0.2) is 18.6 Å². The van der Waals surface area contributed by atoms with Crippen molar-refractivity contribution in [3.63, 3.8) is 0 Å². The zero-order chi connectivity index (χ0) is 15.1. The van der Waals surface area contributed by atoms with Gasteiger partial charge in [0, 0.05) is 37.3 Å². The number of rotatable bonds is 2. The van der Waals surface area contributed by atoms with Crippen LogP contribution in [0.2, 0.25) is 0 Å². The van der Waals surface area contributed by atoms with Gasteiger partial charge < -0.3 is 4.90 Å². The Balaban J connectivity index is 1.59. The molecule has 112 valence electrons. The summed E-state index contributed by atoms with van der Waals surface area (Å²) in [5.41, 5.74) is 3.96. The molecule has 1 amide bonds. The lowest BCUT2D eigenvalue weighted by molar-refractivity contribution is -0.133. The van der Waals surface area contributed by atoms with E-state index >= 15 is 0 Å². The van der Waals surface area contributed by atoms with E-state index in [1.807, 2.05) is 23.7 Å². The highest BCUT2D eigenvalue weighted by Gasteiger charge is 2.23. The van der Waals surface area contributed by atoms with Crippen molar-refractivity contribution < 1.29 is 4.79 Å². The lowest BCUT2D eigenvalue weighted by Gasteiger charge is -2.28. The minimum Gasteiger partial charge on any atom is -0.336 e. The zero-order valence-corrected chi connectivity index (χ0v) is 12.0. The van der Waals surface area contributed by atoms with Crippen LogP contribution < -0.4 is 0 Å². The van der Waals surface area contributed by atoms with Crippen molar-refractivity contribution in [3.8, 4) is 0 Å². The second kappa shape index (κ2) is 4.86. The molecule has 0 saturated heterocycles. The van der Waals surface area contributed by atoms with Crippen LogP contribution in [0.25, 0.3) is 5.65 Å². The van der Waals surface area contributed by atoms with E-state index < -0.39 is 0 Å². The summed E-state index contributed by atoms with van der Waals surface area (Å²) >= 11 is 0. The standard InChI is InChI=1S/C13H14N8O/c1-9-4-12-14-5-10-6-19(3-2-11(10)21(12)16-9)13(22)7-20-8-15-17-18-20/h4-5,8H,2-3,6-7H2,1H3. The largest absolute Gasteiger partial charge is 0.336 e. The smallest absolute Gasteiger partial charge is 0.244 e. The third-order valence-corrected chi connectivity index (χ3v) is 3.81. The van der Waals surface area contributed by atoms with E-state index in [0.717, 1.165) is 29.0 Å². The Morgan fingerprint density at radius 2 is 2.32 bits per heavy atom. The first kappa shape index (κ1) is 12.9. The van der Waals surface area contributed by atoms with Crippen LogP contribution >= 0.6 is 0 Å². The summed E-state index contributed by atoms with van der Waals surface area (Å²) < 4.78 is 3.31. The number of carbonyl (C=O) groups is 1. The van der Waals surface area contributed by atoms with E-state index in [1.54, 1.807) is 4.90 Å². The maximum atomic E-state index is 12.3. The van der Waals surface area contributed by atoms with Gasteiger partial charge in [0.2, 0.25) is 5.91 Å². The maximum absolute atomic E-state index is 12.3. The summed E-state index contributed by atoms with van der Waals surface area (Å²) in [5, 5.41) is 15.3. The molecule has 9 heteroatoms. The summed E-state index contributed by atoms with van der Waals surface area (Å²) in [7, 11) is 0. The fraction of sp³-hybridized carbons (Fsp3) is 0.385. The lowest BCUT2D eigenvalue weighted by atomic mass is 10.1.